The molecule has 2 saturated heterocycles. The number of carbonyl (C=O) groups is 2. The van der Waals surface area contributed by atoms with E-state index in [1.54, 1.807) is 36.9 Å². The number of oxime groups is 1. The van der Waals surface area contributed by atoms with Crippen LogP contribution in [0.3, 0.4) is 0 Å². The standard InChI is InChI=1S/C38H56N4O8/c1-11-31-38(10,46)35-25(6)33(40-27(8)43)23(4)19-37(9,32(22(2)3)24(5)34(44)26(7)36(45)49-31)48-21-28(20-47-35)41-50-30-15-13-29(14-16-30)42-18-12-17-39-42/h12-18,22-26,31-32,34-35,44,46H,11,19-21H2,1-10H3/b40-33+,41-28+/t23-,24-,25+,26-,31-,32-,34+,35-,37-,38-/m1/s1. The highest BCUT2D eigenvalue weighted by molar-refractivity contribution is 5.98. The van der Waals surface area contributed by atoms with Crippen LogP contribution in [0.25, 0.3) is 5.69 Å². The van der Waals surface area contributed by atoms with Gasteiger partial charge >= 0.3 is 5.97 Å². The summed E-state index contributed by atoms with van der Waals surface area (Å²) in [5.74, 6) is -2.91. The molecule has 0 saturated carbocycles. The third-order valence-corrected chi connectivity index (χ3v) is 10.6. The number of fused-ring (bicyclic) bond motifs is 5. The van der Waals surface area contributed by atoms with Gasteiger partial charge in [0.2, 0.25) is 5.91 Å². The highest BCUT2D eigenvalue weighted by Gasteiger charge is 2.51. The number of hydrogen-bond acceptors (Lipinski definition) is 10. The topological polar surface area (TPSA) is 154 Å². The first-order valence-corrected chi connectivity index (χ1v) is 17.8. The predicted molar refractivity (Wildman–Crippen MR) is 190 cm³/mol. The molecule has 2 aromatic rings. The second-order valence-corrected chi connectivity index (χ2v) is 14.9. The SMILES string of the molecule is CC[C@H]1OC(=O)[C@H](C)[C@@H](O)[C@H](C)[C@@H](C(C)C)[C@@]2(C)C[C@@H](C)/C(=N\C(C)=O)[C@H](C)[C@@H](OC/C(=N\Oc3ccc(-n4cccn4)cc3)CO2)[C@]1(C)O. The number of amides is 1. The van der Waals surface area contributed by atoms with Gasteiger partial charge < -0.3 is 29.3 Å². The van der Waals surface area contributed by atoms with Gasteiger partial charge in [-0.3, -0.25) is 9.59 Å². The van der Waals surface area contributed by atoms with Crippen LogP contribution in [-0.4, -0.2) is 86.0 Å². The van der Waals surface area contributed by atoms with E-state index in [2.05, 4.69) is 29.1 Å². The molecule has 0 spiro atoms. The fraction of sp³-hybridized carbons (Fsp3) is 0.658. The number of rotatable bonds is 5. The smallest absolute Gasteiger partial charge is 0.311 e. The Bertz CT molecular complexity index is 1500. The molecule has 2 aliphatic rings. The van der Waals surface area contributed by atoms with E-state index in [1.807, 2.05) is 59.0 Å². The van der Waals surface area contributed by atoms with E-state index in [1.165, 1.54) is 6.92 Å². The van der Waals surface area contributed by atoms with Gasteiger partial charge in [0.05, 0.1) is 42.6 Å². The van der Waals surface area contributed by atoms with Crippen molar-refractivity contribution in [3.05, 3.63) is 42.7 Å². The summed E-state index contributed by atoms with van der Waals surface area (Å²) in [5, 5.41) is 32.8. The predicted octanol–water partition coefficient (Wildman–Crippen LogP) is 5.42. The van der Waals surface area contributed by atoms with Gasteiger partial charge in [0.1, 0.15) is 17.4 Å². The quantitative estimate of drug-likeness (QED) is 0.308. The van der Waals surface area contributed by atoms with Gasteiger partial charge in [-0.1, -0.05) is 46.7 Å². The van der Waals surface area contributed by atoms with Crippen molar-refractivity contribution in [2.45, 2.75) is 112 Å². The Labute approximate surface area is 296 Å². The molecule has 10 atom stereocenters. The lowest BCUT2D eigenvalue weighted by atomic mass is 9.66. The summed E-state index contributed by atoms with van der Waals surface area (Å²) in [4.78, 5) is 36.6. The van der Waals surface area contributed by atoms with Crippen LogP contribution in [0, 0.1) is 35.5 Å². The number of carbonyl (C=O) groups excluding carboxylic acids is 2. The van der Waals surface area contributed by atoms with E-state index in [-0.39, 0.29) is 43.3 Å². The number of cyclic esters (lactones) is 1. The minimum absolute atomic E-state index is 0.0155. The molecule has 12 heteroatoms. The number of hydrogen-bond donors (Lipinski definition) is 2. The lowest BCUT2D eigenvalue weighted by Gasteiger charge is -2.47. The molecule has 0 radical (unpaired) electrons. The Morgan fingerprint density at radius 2 is 1.80 bits per heavy atom. The van der Waals surface area contributed by atoms with Crippen molar-refractivity contribution in [2.24, 2.45) is 45.7 Å². The van der Waals surface area contributed by atoms with Crippen molar-refractivity contribution in [2.75, 3.05) is 13.2 Å². The van der Waals surface area contributed by atoms with E-state index < -0.39 is 53.2 Å². The first-order valence-electron chi connectivity index (χ1n) is 17.8. The average Bonchev–Trinajstić information content (AvgIpc) is 3.60. The number of aromatic nitrogens is 2. The molecule has 1 aromatic carbocycles. The summed E-state index contributed by atoms with van der Waals surface area (Å²) < 4.78 is 21.2. The normalized spacial score (nSPS) is 36.4. The van der Waals surface area contributed by atoms with E-state index >= 15 is 0 Å². The van der Waals surface area contributed by atoms with Crippen molar-refractivity contribution >= 4 is 23.3 Å². The van der Waals surface area contributed by atoms with Gasteiger partial charge in [0.25, 0.3) is 0 Å². The minimum Gasteiger partial charge on any atom is -0.459 e. The molecule has 50 heavy (non-hydrogen) atoms. The number of ether oxygens (including phenoxy) is 3. The molecule has 2 aliphatic heterocycles. The summed E-state index contributed by atoms with van der Waals surface area (Å²) in [6.45, 7) is 18.3. The van der Waals surface area contributed by atoms with Crippen molar-refractivity contribution in [3.63, 3.8) is 0 Å². The summed E-state index contributed by atoms with van der Waals surface area (Å²) in [6, 6.07) is 9.15. The number of nitrogens with zero attached hydrogens (tertiary/aromatic N) is 4. The Morgan fingerprint density at radius 3 is 2.38 bits per heavy atom. The van der Waals surface area contributed by atoms with Gasteiger partial charge in [-0.25, -0.2) is 9.67 Å². The van der Waals surface area contributed by atoms with Crippen LogP contribution in [0.4, 0.5) is 0 Å². The fourth-order valence-corrected chi connectivity index (χ4v) is 8.27. The van der Waals surface area contributed by atoms with Gasteiger partial charge in [0.15, 0.2) is 5.75 Å². The highest BCUT2D eigenvalue weighted by Crippen LogP contribution is 2.44. The lowest BCUT2D eigenvalue weighted by molar-refractivity contribution is -0.195. The summed E-state index contributed by atoms with van der Waals surface area (Å²) in [7, 11) is 0. The van der Waals surface area contributed by atoms with Crippen LogP contribution in [0.2, 0.25) is 0 Å². The molecule has 0 unspecified atom stereocenters. The first kappa shape index (κ1) is 39.3. The summed E-state index contributed by atoms with van der Waals surface area (Å²) in [6.07, 6.45) is 1.19. The third-order valence-electron chi connectivity index (χ3n) is 10.6. The molecule has 2 bridgehead atoms. The molecule has 2 fully saturated rings. The summed E-state index contributed by atoms with van der Waals surface area (Å²) in [5.41, 5.74) is -0.816. The van der Waals surface area contributed by atoms with Gasteiger partial charge in [-0.2, -0.15) is 5.10 Å². The average molecular weight is 697 g/mol. The maximum absolute atomic E-state index is 13.6. The Kier molecular flexibility index (Phi) is 12.8. The number of aliphatic hydroxyl groups is 2. The van der Waals surface area contributed by atoms with E-state index in [0.29, 0.717) is 23.6 Å². The Balaban J connectivity index is 1.88. The molecule has 276 valence electrons. The largest absolute Gasteiger partial charge is 0.459 e. The zero-order valence-electron chi connectivity index (χ0n) is 31.2. The lowest BCUT2D eigenvalue weighted by Crippen LogP contribution is -2.58. The second-order valence-electron chi connectivity index (χ2n) is 14.9. The van der Waals surface area contributed by atoms with Crippen LogP contribution in [0.15, 0.2) is 52.9 Å². The second kappa shape index (κ2) is 16.3. The number of aliphatic imine (C=N–C) groups is 1. The zero-order chi connectivity index (χ0) is 37.0. The van der Waals surface area contributed by atoms with Crippen molar-refractivity contribution in [1.29, 1.82) is 0 Å². The van der Waals surface area contributed by atoms with E-state index in [0.717, 1.165) is 5.69 Å². The van der Waals surface area contributed by atoms with Crippen molar-refractivity contribution in [1.82, 2.24) is 9.78 Å². The van der Waals surface area contributed by atoms with Crippen LogP contribution >= 0.6 is 0 Å². The summed E-state index contributed by atoms with van der Waals surface area (Å²) >= 11 is 0. The van der Waals surface area contributed by atoms with Gasteiger partial charge in [-0.05, 0) is 87.6 Å². The molecular formula is C38H56N4O8. The maximum atomic E-state index is 13.6. The monoisotopic (exact) mass is 696 g/mol. The Morgan fingerprint density at radius 1 is 1.12 bits per heavy atom. The molecule has 3 heterocycles. The van der Waals surface area contributed by atoms with Gasteiger partial charge in [-0.15, -0.1) is 0 Å². The van der Waals surface area contributed by atoms with Crippen LogP contribution < -0.4 is 4.84 Å². The van der Waals surface area contributed by atoms with Crippen LogP contribution in [-0.2, 0) is 23.8 Å². The zero-order valence-corrected chi connectivity index (χ0v) is 31.2. The highest BCUT2D eigenvalue weighted by atomic mass is 16.6. The maximum Gasteiger partial charge on any atom is 0.311 e. The molecule has 12 nitrogen and oxygen atoms in total. The van der Waals surface area contributed by atoms with Gasteiger partial charge in [0, 0.05) is 30.9 Å². The molecule has 2 N–H and O–H groups in total. The van der Waals surface area contributed by atoms with Crippen molar-refractivity contribution in [3.8, 4) is 11.4 Å². The van der Waals surface area contributed by atoms with Crippen LogP contribution in [0.1, 0.15) is 82.1 Å². The van der Waals surface area contributed by atoms with Crippen LogP contribution in [0.5, 0.6) is 5.75 Å². The number of benzene rings is 1. The molecule has 0 aliphatic carbocycles. The molecule has 1 amide bonds. The third kappa shape index (κ3) is 8.70. The molecular weight excluding hydrogens is 640 g/mol. The van der Waals surface area contributed by atoms with E-state index in [9.17, 15) is 19.8 Å². The number of esters is 1. The first-order chi connectivity index (χ1) is 23.5. The number of aliphatic hydroxyl groups excluding tert-OH is 1. The molecule has 1 aromatic heterocycles. The fourth-order valence-electron chi connectivity index (χ4n) is 8.27. The minimum atomic E-state index is -1.74. The Hall–Kier alpha value is -3.45. The van der Waals surface area contributed by atoms with E-state index in [4.69, 9.17) is 19.0 Å². The molecule has 4 rings (SSSR count). The van der Waals surface area contributed by atoms with Crippen molar-refractivity contribution < 1.29 is 38.9 Å².